The number of benzene rings is 3. The van der Waals surface area contributed by atoms with E-state index in [1.807, 2.05) is 59.5 Å². The lowest BCUT2D eigenvalue weighted by Crippen LogP contribution is -2.38. The highest BCUT2D eigenvalue weighted by atomic mass is 32.1. The smallest absolute Gasteiger partial charge is 0.260 e. The SMILES string of the molecule is CCN(CC)CCN(C(=O)c1ccc(Oc2ccccc2)cc1)c1nc2cc(C)cc(C)c2s1. The number of hydrogen-bond donors (Lipinski definition) is 0. The van der Waals surface area contributed by atoms with Crippen molar-refractivity contribution in [1.29, 1.82) is 0 Å². The molecule has 3 aromatic carbocycles. The molecule has 0 saturated carbocycles. The summed E-state index contributed by atoms with van der Waals surface area (Å²) in [6.45, 7) is 11.7. The molecular weight excluding hydrogens is 442 g/mol. The summed E-state index contributed by atoms with van der Waals surface area (Å²) in [5, 5.41) is 0.741. The predicted octanol–water partition coefficient (Wildman–Crippen LogP) is 6.69. The average Bonchev–Trinajstić information content (AvgIpc) is 3.27. The third kappa shape index (κ3) is 5.46. The van der Waals surface area contributed by atoms with Crippen molar-refractivity contribution in [3.05, 3.63) is 83.4 Å². The molecule has 1 heterocycles. The Labute approximate surface area is 205 Å². The molecule has 34 heavy (non-hydrogen) atoms. The van der Waals surface area contributed by atoms with Gasteiger partial charge in [0.05, 0.1) is 10.2 Å². The molecule has 0 N–H and O–H groups in total. The standard InChI is InChI=1S/C28H31N3O2S/c1-5-30(6-2)16-17-31(28-29-25-19-20(3)18-21(4)26(25)34-28)27(32)22-12-14-24(15-13-22)33-23-10-8-7-9-11-23/h7-15,18-19H,5-6,16-17H2,1-4H3. The molecule has 0 fully saturated rings. The van der Waals surface area contributed by atoms with E-state index >= 15 is 0 Å². The molecule has 0 aliphatic rings. The molecule has 176 valence electrons. The number of thiazole rings is 1. The van der Waals surface area contributed by atoms with E-state index in [4.69, 9.17) is 9.72 Å². The van der Waals surface area contributed by atoms with E-state index in [0.29, 0.717) is 17.9 Å². The van der Waals surface area contributed by atoms with Crippen LogP contribution in [0.5, 0.6) is 11.5 Å². The molecule has 0 atom stereocenters. The number of carbonyl (C=O) groups is 1. The van der Waals surface area contributed by atoms with Gasteiger partial charge in [-0.15, -0.1) is 0 Å². The van der Waals surface area contributed by atoms with Crippen molar-refractivity contribution in [2.24, 2.45) is 0 Å². The molecule has 0 aliphatic heterocycles. The van der Waals surface area contributed by atoms with Crippen LogP contribution < -0.4 is 9.64 Å². The number of nitrogens with zero attached hydrogens (tertiary/aromatic N) is 3. The Balaban J connectivity index is 1.61. The van der Waals surface area contributed by atoms with Crippen LogP contribution in [0.1, 0.15) is 35.3 Å². The summed E-state index contributed by atoms with van der Waals surface area (Å²) in [6, 6.07) is 21.2. The van der Waals surface area contributed by atoms with E-state index in [1.54, 1.807) is 11.3 Å². The molecular formula is C28H31N3O2S. The van der Waals surface area contributed by atoms with Crippen LogP contribution in [0, 0.1) is 13.8 Å². The van der Waals surface area contributed by atoms with Gasteiger partial charge < -0.3 is 9.64 Å². The Morgan fingerprint density at radius 1 is 0.912 bits per heavy atom. The molecule has 0 radical (unpaired) electrons. The van der Waals surface area contributed by atoms with Crippen LogP contribution in [0.3, 0.4) is 0 Å². The summed E-state index contributed by atoms with van der Waals surface area (Å²) < 4.78 is 7.02. The minimum absolute atomic E-state index is 0.0492. The van der Waals surface area contributed by atoms with Crippen molar-refractivity contribution < 1.29 is 9.53 Å². The highest BCUT2D eigenvalue weighted by Gasteiger charge is 2.22. The number of anilines is 1. The zero-order valence-electron chi connectivity index (χ0n) is 20.2. The number of amides is 1. The van der Waals surface area contributed by atoms with Gasteiger partial charge in [-0.2, -0.15) is 0 Å². The van der Waals surface area contributed by atoms with Crippen LogP contribution in [0.15, 0.2) is 66.7 Å². The minimum Gasteiger partial charge on any atom is -0.457 e. The maximum Gasteiger partial charge on any atom is 0.260 e. The van der Waals surface area contributed by atoms with Gasteiger partial charge in [0.1, 0.15) is 11.5 Å². The summed E-state index contributed by atoms with van der Waals surface area (Å²) in [5.74, 6) is 1.41. The summed E-state index contributed by atoms with van der Waals surface area (Å²) in [7, 11) is 0. The first-order valence-corrected chi connectivity index (χ1v) is 12.5. The Hall–Kier alpha value is -3.22. The largest absolute Gasteiger partial charge is 0.457 e. The molecule has 0 saturated heterocycles. The summed E-state index contributed by atoms with van der Waals surface area (Å²) in [5.41, 5.74) is 3.94. The van der Waals surface area contributed by atoms with Crippen molar-refractivity contribution >= 4 is 32.6 Å². The van der Waals surface area contributed by atoms with Crippen LogP contribution >= 0.6 is 11.3 Å². The van der Waals surface area contributed by atoms with E-state index in [2.05, 4.69) is 44.7 Å². The number of likely N-dealkylation sites (N-methyl/N-ethyl adjacent to an activating group) is 1. The number of hydrogen-bond acceptors (Lipinski definition) is 5. The molecule has 0 bridgehead atoms. The fourth-order valence-corrected chi connectivity index (χ4v) is 5.03. The second-order valence-corrected chi connectivity index (χ2v) is 9.33. The Kier molecular flexibility index (Phi) is 7.60. The van der Waals surface area contributed by atoms with Crippen LogP contribution in [0.2, 0.25) is 0 Å². The van der Waals surface area contributed by atoms with Crippen molar-refractivity contribution in [2.45, 2.75) is 27.7 Å². The van der Waals surface area contributed by atoms with Gasteiger partial charge in [0.2, 0.25) is 0 Å². The zero-order chi connectivity index (χ0) is 24.1. The summed E-state index contributed by atoms with van der Waals surface area (Å²) in [4.78, 5) is 22.7. The Bertz CT molecular complexity index is 1250. The first-order chi connectivity index (χ1) is 16.5. The third-order valence-electron chi connectivity index (χ3n) is 5.90. The number of ether oxygens (including phenoxy) is 1. The Morgan fingerprint density at radius 3 is 2.26 bits per heavy atom. The van der Waals surface area contributed by atoms with Gasteiger partial charge in [-0.05, 0) is 80.5 Å². The first-order valence-electron chi connectivity index (χ1n) is 11.7. The monoisotopic (exact) mass is 473 g/mol. The fourth-order valence-electron chi connectivity index (χ4n) is 3.99. The number of carbonyl (C=O) groups excluding carboxylic acids is 1. The maximum absolute atomic E-state index is 13.7. The predicted molar refractivity (Wildman–Crippen MR) is 142 cm³/mol. The molecule has 0 spiro atoms. The second kappa shape index (κ2) is 10.8. The van der Waals surface area contributed by atoms with Crippen LogP contribution in [0.4, 0.5) is 5.13 Å². The van der Waals surface area contributed by atoms with Crippen LogP contribution in [-0.2, 0) is 0 Å². The van der Waals surface area contributed by atoms with Gasteiger partial charge in [0, 0.05) is 18.7 Å². The molecule has 5 nitrogen and oxygen atoms in total. The zero-order valence-corrected chi connectivity index (χ0v) is 21.1. The number of para-hydroxylation sites is 1. The Morgan fingerprint density at radius 2 is 1.59 bits per heavy atom. The topological polar surface area (TPSA) is 45.7 Å². The number of aromatic nitrogens is 1. The fraction of sp³-hybridized carbons (Fsp3) is 0.286. The van der Waals surface area contributed by atoms with E-state index in [0.717, 1.165) is 40.7 Å². The van der Waals surface area contributed by atoms with Crippen LogP contribution in [0.25, 0.3) is 10.2 Å². The van der Waals surface area contributed by atoms with E-state index in [1.165, 1.54) is 11.1 Å². The summed E-state index contributed by atoms with van der Waals surface area (Å²) >= 11 is 1.59. The van der Waals surface area contributed by atoms with Crippen molar-refractivity contribution in [1.82, 2.24) is 9.88 Å². The van der Waals surface area contributed by atoms with E-state index < -0.39 is 0 Å². The van der Waals surface area contributed by atoms with Crippen molar-refractivity contribution in [2.75, 3.05) is 31.1 Å². The lowest BCUT2D eigenvalue weighted by molar-refractivity contribution is 0.0984. The van der Waals surface area contributed by atoms with Gasteiger partial charge in [-0.3, -0.25) is 9.69 Å². The molecule has 4 aromatic rings. The quantitative estimate of drug-likeness (QED) is 0.272. The van der Waals surface area contributed by atoms with Crippen molar-refractivity contribution in [3.63, 3.8) is 0 Å². The highest BCUT2D eigenvalue weighted by Crippen LogP contribution is 2.33. The minimum atomic E-state index is -0.0492. The molecule has 0 aliphatic carbocycles. The third-order valence-corrected chi connectivity index (χ3v) is 7.13. The van der Waals surface area contributed by atoms with Gasteiger partial charge >= 0.3 is 0 Å². The molecule has 6 heteroatoms. The first kappa shape index (κ1) is 23.9. The molecule has 4 rings (SSSR count). The van der Waals surface area contributed by atoms with Crippen LogP contribution in [-0.4, -0.2) is 42.0 Å². The van der Waals surface area contributed by atoms with E-state index in [-0.39, 0.29) is 5.91 Å². The van der Waals surface area contributed by atoms with Gasteiger partial charge in [0.25, 0.3) is 5.91 Å². The van der Waals surface area contributed by atoms with Gasteiger partial charge in [0.15, 0.2) is 5.13 Å². The van der Waals surface area contributed by atoms with Gasteiger partial charge in [-0.25, -0.2) is 4.98 Å². The number of rotatable bonds is 9. The second-order valence-electron chi connectivity index (χ2n) is 8.35. The lowest BCUT2D eigenvalue weighted by Gasteiger charge is -2.24. The average molecular weight is 474 g/mol. The highest BCUT2D eigenvalue weighted by molar-refractivity contribution is 7.22. The molecule has 1 aromatic heterocycles. The maximum atomic E-state index is 13.7. The number of aryl methyl sites for hydroxylation is 2. The van der Waals surface area contributed by atoms with E-state index in [9.17, 15) is 4.79 Å². The molecule has 0 unspecified atom stereocenters. The normalized spacial score (nSPS) is 11.2. The lowest BCUT2D eigenvalue weighted by atomic mass is 10.1. The van der Waals surface area contributed by atoms with Crippen molar-refractivity contribution in [3.8, 4) is 11.5 Å². The van der Waals surface area contributed by atoms with Gasteiger partial charge in [-0.1, -0.05) is 49.4 Å². The summed E-state index contributed by atoms with van der Waals surface area (Å²) in [6.07, 6.45) is 0. The number of fused-ring (bicyclic) bond motifs is 1. The molecule has 1 amide bonds.